The molecular weight excluding hydrogens is 288 g/mol. The molecule has 0 N–H and O–H groups in total. The van der Waals surface area contributed by atoms with Crippen molar-refractivity contribution in [1.82, 2.24) is 20.2 Å². The molecule has 1 saturated carbocycles. The summed E-state index contributed by atoms with van der Waals surface area (Å²) in [4.78, 5) is 12.0. The zero-order valence-electron chi connectivity index (χ0n) is 11.7. The molecule has 0 aliphatic heterocycles. The van der Waals surface area contributed by atoms with Crippen LogP contribution >= 0.6 is 11.8 Å². The number of nitrogens with zero attached hydrogens (tertiary/aromatic N) is 4. The Hall–Kier alpha value is -1.89. The third-order valence-corrected chi connectivity index (χ3v) is 4.45. The number of thioether (sulfide) groups is 1. The number of tetrazole rings is 1. The molecule has 1 aromatic heterocycles. The first-order valence-electron chi connectivity index (χ1n) is 6.83. The van der Waals surface area contributed by atoms with E-state index in [0.29, 0.717) is 11.8 Å². The summed E-state index contributed by atoms with van der Waals surface area (Å²) < 4.78 is 6.77. The van der Waals surface area contributed by atoms with Gasteiger partial charge in [-0.3, -0.25) is 4.79 Å². The quantitative estimate of drug-likeness (QED) is 0.601. The number of hydrogen-bond acceptors (Lipinski definition) is 6. The molecule has 0 saturated heterocycles. The lowest BCUT2D eigenvalue weighted by Crippen LogP contribution is -2.17. The number of rotatable bonds is 6. The van der Waals surface area contributed by atoms with Gasteiger partial charge in [0.15, 0.2) is 0 Å². The second-order valence-electron chi connectivity index (χ2n) is 4.93. The van der Waals surface area contributed by atoms with Crippen LogP contribution in [0.4, 0.5) is 0 Å². The average Bonchev–Trinajstić information content (AvgIpc) is 3.27. The maximum absolute atomic E-state index is 12.0. The predicted octanol–water partition coefficient (Wildman–Crippen LogP) is 2.06. The van der Waals surface area contributed by atoms with E-state index in [1.165, 1.54) is 18.9 Å². The van der Waals surface area contributed by atoms with Crippen molar-refractivity contribution in [3.05, 3.63) is 35.9 Å². The average molecular weight is 304 g/mol. The Morgan fingerprint density at radius 2 is 2.19 bits per heavy atom. The second kappa shape index (κ2) is 6.26. The molecule has 0 amide bonds. The van der Waals surface area contributed by atoms with Crippen LogP contribution in [-0.2, 0) is 9.53 Å². The van der Waals surface area contributed by atoms with Crippen molar-refractivity contribution >= 4 is 17.7 Å². The van der Waals surface area contributed by atoms with Crippen molar-refractivity contribution in [2.45, 2.75) is 30.0 Å². The first kappa shape index (κ1) is 14.1. The number of hydrogen-bond donors (Lipinski definition) is 0. The Bertz CT molecular complexity index is 612. The van der Waals surface area contributed by atoms with E-state index >= 15 is 0 Å². The zero-order valence-corrected chi connectivity index (χ0v) is 12.5. The maximum atomic E-state index is 12.0. The van der Waals surface area contributed by atoms with Crippen molar-refractivity contribution < 1.29 is 9.53 Å². The van der Waals surface area contributed by atoms with Crippen LogP contribution in [0.2, 0.25) is 0 Å². The van der Waals surface area contributed by atoms with Crippen LogP contribution in [0.3, 0.4) is 0 Å². The third kappa shape index (κ3) is 3.24. The van der Waals surface area contributed by atoms with Gasteiger partial charge in [0.25, 0.3) is 0 Å². The minimum atomic E-state index is -0.314. The smallest absolute Gasteiger partial charge is 0.313 e. The van der Waals surface area contributed by atoms with Crippen molar-refractivity contribution in [1.29, 1.82) is 0 Å². The predicted molar refractivity (Wildman–Crippen MR) is 78.0 cm³/mol. The van der Waals surface area contributed by atoms with Crippen LogP contribution in [0.5, 0.6) is 0 Å². The fourth-order valence-corrected chi connectivity index (χ4v) is 3.17. The lowest BCUT2D eigenvalue weighted by Gasteiger charge is -2.14. The highest BCUT2D eigenvalue weighted by Crippen LogP contribution is 2.37. The largest absolute Gasteiger partial charge is 0.469 e. The normalized spacial score (nSPS) is 15.7. The topological polar surface area (TPSA) is 69.9 Å². The summed E-state index contributed by atoms with van der Waals surface area (Å²) in [5.41, 5.74) is 0.947. The standard InChI is InChI=1S/C14H16N4O2S/c1-20-13(19)12(10-5-3-2-4-6-10)9-21-14-15-16-17-18(14)11-7-8-11/h2-6,11-12H,7-9H2,1H3. The molecule has 1 heterocycles. The van der Waals surface area contributed by atoms with E-state index in [0.717, 1.165) is 23.6 Å². The minimum absolute atomic E-state index is 0.237. The van der Waals surface area contributed by atoms with Crippen molar-refractivity contribution in [3.63, 3.8) is 0 Å². The zero-order chi connectivity index (χ0) is 14.7. The van der Waals surface area contributed by atoms with Crippen LogP contribution in [0.15, 0.2) is 35.5 Å². The number of carbonyl (C=O) groups is 1. The Labute approximate surface area is 126 Å². The van der Waals surface area contributed by atoms with E-state index < -0.39 is 0 Å². The molecule has 1 fully saturated rings. The lowest BCUT2D eigenvalue weighted by atomic mass is 10.0. The van der Waals surface area contributed by atoms with Crippen LogP contribution in [-0.4, -0.2) is 39.0 Å². The van der Waals surface area contributed by atoms with Gasteiger partial charge in [0, 0.05) is 5.75 Å². The van der Waals surface area contributed by atoms with Gasteiger partial charge in [-0.15, -0.1) is 5.10 Å². The highest BCUT2D eigenvalue weighted by Gasteiger charge is 2.29. The molecule has 7 heteroatoms. The van der Waals surface area contributed by atoms with Crippen molar-refractivity contribution in [2.24, 2.45) is 0 Å². The Balaban J connectivity index is 1.73. The van der Waals surface area contributed by atoms with Crippen LogP contribution < -0.4 is 0 Å². The fraction of sp³-hybridized carbons (Fsp3) is 0.429. The van der Waals surface area contributed by atoms with E-state index in [1.807, 2.05) is 35.0 Å². The molecule has 1 unspecified atom stereocenters. The van der Waals surface area contributed by atoms with Gasteiger partial charge in [-0.05, 0) is 28.8 Å². The molecule has 0 spiro atoms. The summed E-state index contributed by atoms with van der Waals surface area (Å²) in [6.07, 6.45) is 2.25. The fourth-order valence-electron chi connectivity index (χ4n) is 2.11. The highest BCUT2D eigenvalue weighted by atomic mass is 32.2. The van der Waals surface area contributed by atoms with E-state index in [4.69, 9.17) is 4.74 Å². The molecule has 3 rings (SSSR count). The van der Waals surface area contributed by atoms with Gasteiger partial charge in [0.05, 0.1) is 19.1 Å². The molecule has 6 nitrogen and oxygen atoms in total. The van der Waals surface area contributed by atoms with E-state index in [-0.39, 0.29) is 11.9 Å². The molecule has 1 atom stereocenters. The number of aromatic nitrogens is 4. The summed E-state index contributed by atoms with van der Waals surface area (Å²) in [5.74, 6) is 0.00810. The molecule has 110 valence electrons. The second-order valence-corrected chi connectivity index (χ2v) is 5.92. The number of ether oxygens (including phenoxy) is 1. The first-order valence-corrected chi connectivity index (χ1v) is 7.81. The van der Waals surface area contributed by atoms with Crippen molar-refractivity contribution in [2.75, 3.05) is 12.9 Å². The third-order valence-electron chi connectivity index (χ3n) is 3.42. The summed E-state index contributed by atoms with van der Waals surface area (Å²) in [6, 6.07) is 10.1. The van der Waals surface area contributed by atoms with Crippen molar-refractivity contribution in [3.8, 4) is 0 Å². The molecular formula is C14H16N4O2S. The molecule has 21 heavy (non-hydrogen) atoms. The lowest BCUT2D eigenvalue weighted by molar-refractivity contribution is -0.141. The molecule has 1 aliphatic rings. The van der Waals surface area contributed by atoms with Crippen LogP contribution in [0.1, 0.15) is 30.4 Å². The Morgan fingerprint density at radius 3 is 2.86 bits per heavy atom. The van der Waals surface area contributed by atoms with Gasteiger partial charge in [-0.25, -0.2) is 4.68 Å². The van der Waals surface area contributed by atoms with E-state index in [2.05, 4.69) is 15.5 Å². The summed E-state index contributed by atoms with van der Waals surface area (Å²) >= 11 is 1.49. The Morgan fingerprint density at radius 1 is 1.43 bits per heavy atom. The monoisotopic (exact) mass is 304 g/mol. The summed E-state index contributed by atoms with van der Waals surface area (Å²) in [7, 11) is 1.41. The molecule has 2 aromatic rings. The molecule has 0 bridgehead atoms. The summed E-state index contributed by atoms with van der Waals surface area (Å²) in [6.45, 7) is 0. The van der Waals surface area contributed by atoms with E-state index in [1.54, 1.807) is 0 Å². The summed E-state index contributed by atoms with van der Waals surface area (Å²) in [5, 5.41) is 12.5. The van der Waals surface area contributed by atoms with E-state index in [9.17, 15) is 4.79 Å². The Kier molecular flexibility index (Phi) is 4.19. The number of carbonyl (C=O) groups excluding carboxylic acids is 1. The molecule has 1 aliphatic carbocycles. The molecule has 0 radical (unpaired) electrons. The number of methoxy groups -OCH3 is 1. The molecule has 1 aromatic carbocycles. The van der Waals surface area contributed by atoms with Gasteiger partial charge >= 0.3 is 5.97 Å². The van der Waals surface area contributed by atoms with Gasteiger partial charge in [0.1, 0.15) is 0 Å². The SMILES string of the molecule is COC(=O)C(CSc1nnnn1C1CC1)c1ccccc1. The van der Waals surface area contributed by atoms with Crippen LogP contribution in [0, 0.1) is 0 Å². The highest BCUT2D eigenvalue weighted by molar-refractivity contribution is 7.99. The van der Waals surface area contributed by atoms with Crippen LogP contribution in [0.25, 0.3) is 0 Å². The van der Waals surface area contributed by atoms with Gasteiger partial charge < -0.3 is 4.74 Å². The first-order chi connectivity index (χ1) is 10.3. The number of benzene rings is 1. The van der Waals surface area contributed by atoms with Gasteiger partial charge in [-0.1, -0.05) is 42.1 Å². The minimum Gasteiger partial charge on any atom is -0.469 e. The number of esters is 1. The van der Waals surface area contributed by atoms with Gasteiger partial charge in [0.2, 0.25) is 5.16 Å². The maximum Gasteiger partial charge on any atom is 0.313 e. The van der Waals surface area contributed by atoms with Gasteiger partial charge in [-0.2, -0.15) is 0 Å².